The first-order chi connectivity index (χ1) is 14.8. The molecule has 1 amide bonds. The number of primary amides is 1. The third-order valence-electron chi connectivity index (χ3n) is 4.44. The molecule has 2 aromatic heterocycles. The summed E-state index contributed by atoms with van der Waals surface area (Å²) < 4.78 is 0. The summed E-state index contributed by atoms with van der Waals surface area (Å²) in [5.74, 6) is 0.112. The van der Waals surface area contributed by atoms with Gasteiger partial charge in [-0.1, -0.05) is 19.9 Å². The Kier molecular flexibility index (Phi) is 6.47. The van der Waals surface area contributed by atoms with Crippen molar-refractivity contribution in [3.05, 3.63) is 53.3 Å². The number of anilines is 3. The molecule has 1 unspecified atom stereocenters. The van der Waals surface area contributed by atoms with Crippen LogP contribution in [-0.2, 0) is 0 Å². The van der Waals surface area contributed by atoms with E-state index in [9.17, 15) is 10.1 Å². The number of aromatic nitrogens is 4. The molecule has 0 bridgehead atoms. The highest BCUT2D eigenvalue weighted by atomic mass is 16.1. The molecule has 0 spiro atoms. The molecule has 0 fully saturated rings. The van der Waals surface area contributed by atoms with Crippen LogP contribution in [0, 0.1) is 11.3 Å². The highest BCUT2D eigenvalue weighted by Crippen LogP contribution is 2.25. The molecule has 0 aliphatic heterocycles. The van der Waals surface area contributed by atoms with E-state index in [1.165, 1.54) is 10.9 Å². The molecule has 0 radical (unpaired) electrons. The number of rotatable bonds is 8. The molecule has 0 aliphatic carbocycles. The minimum absolute atomic E-state index is 0.104. The minimum atomic E-state index is -0.697. The van der Waals surface area contributed by atoms with E-state index in [-0.39, 0.29) is 28.9 Å². The average molecular weight is 419 g/mol. The molecule has 1 atom stereocenters. The monoisotopic (exact) mass is 419 g/mol. The van der Waals surface area contributed by atoms with Crippen LogP contribution in [0.2, 0.25) is 0 Å². The topological polar surface area (TPSA) is 161 Å². The number of nitriles is 1. The zero-order valence-corrected chi connectivity index (χ0v) is 17.6. The quantitative estimate of drug-likeness (QED) is 0.432. The van der Waals surface area contributed by atoms with E-state index < -0.39 is 5.91 Å². The zero-order chi connectivity index (χ0) is 22.5. The molecule has 2 heterocycles. The van der Waals surface area contributed by atoms with Crippen molar-refractivity contribution in [3.63, 3.8) is 0 Å². The maximum Gasteiger partial charge on any atom is 0.252 e. The van der Waals surface area contributed by atoms with Gasteiger partial charge in [0.2, 0.25) is 0 Å². The van der Waals surface area contributed by atoms with Crippen LogP contribution in [0.25, 0.3) is 5.69 Å². The minimum Gasteiger partial charge on any atom is -0.367 e. The maximum atomic E-state index is 12.0. The van der Waals surface area contributed by atoms with Crippen molar-refractivity contribution >= 4 is 23.2 Å². The van der Waals surface area contributed by atoms with Crippen molar-refractivity contribution in [2.45, 2.75) is 32.7 Å². The number of benzene rings is 1. The molecule has 3 aromatic rings. The van der Waals surface area contributed by atoms with Gasteiger partial charge in [-0.15, -0.1) is 0 Å². The molecular formula is C21H25N9O. The van der Waals surface area contributed by atoms with E-state index in [1.54, 1.807) is 6.20 Å². The fourth-order valence-corrected chi connectivity index (χ4v) is 2.78. The molecule has 3 rings (SSSR count). The average Bonchev–Trinajstić information content (AvgIpc) is 3.23. The predicted octanol–water partition coefficient (Wildman–Crippen LogP) is 2.26. The number of nitrogens with zero attached hydrogens (tertiary/aromatic N) is 5. The van der Waals surface area contributed by atoms with Crippen LogP contribution >= 0.6 is 0 Å². The van der Waals surface area contributed by atoms with Gasteiger partial charge in [-0.25, -0.2) is 4.98 Å². The Morgan fingerprint density at radius 2 is 2.03 bits per heavy atom. The van der Waals surface area contributed by atoms with Crippen molar-refractivity contribution in [3.8, 4) is 11.8 Å². The van der Waals surface area contributed by atoms with Crippen molar-refractivity contribution in [1.82, 2.24) is 20.0 Å². The fraction of sp³-hybridized carbons (Fsp3) is 0.286. The second-order valence-electron chi connectivity index (χ2n) is 7.50. The predicted molar refractivity (Wildman–Crippen MR) is 118 cm³/mol. The number of nitrogens with two attached hydrogens (primary N) is 2. The number of amides is 1. The second kappa shape index (κ2) is 9.23. The number of carbonyl (C=O) groups is 1. The maximum absolute atomic E-state index is 12.0. The van der Waals surface area contributed by atoms with E-state index in [4.69, 9.17) is 11.5 Å². The summed E-state index contributed by atoms with van der Waals surface area (Å²) in [5.41, 5.74) is 13.9. The van der Waals surface area contributed by atoms with Gasteiger partial charge in [-0.3, -0.25) is 4.79 Å². The Labute approximate surface area is 180 Å². The van der Waals surface area contributed by atoms with Crippen LogP contribution in [0.5, 0.6) is 0 Å². The van der Waals surface area contributed by atoms with Gasteiger partial charge in [0.05, 0.1) is 28.7 Å². The summed E-state index contributed by atoms with van der Waals surface area (Å²) in [4.78, 5) is 17.9. The Hall–Kier alpha value is -3.97. The molecule has 1 aromatic carbocycles. The Balaban J connectivity index is 1.96. The Morgan fingerprint density at radius 1 is 1.26 bits per heavy atom. The lowest BCUT2D eigenvalue weighted by Crippen LogP contribution is -2.26. The lowest BCUT2D eigenvalue weighted by atomic mass is 10.1. The first-order valence-corrected chi connectivity index (χ1v) is 9.82. The van der Waals surface area contributed by atoms with Crippen molar-refractivity contribution < 1.29 is 4.79 Å². The highest BCUT2D eigenvalue weighted by Gasteiger charge is 2.17. The number of hydrogen-bond acceptors (Lipinski definition) is 8. The van der Waals surface area contributed by atoms with Crippen LogP contribution in [0.3, 0.4) is 0 Å². The number of hydrogen-bond donors (Lipinski definition) is 4. The largest absolute Gasteiger partial charge is 0.367 e. The van der Waals surface area contributed by atoms with Crippen molar-refractivity contribution in [2.24, 2.45) is 11.5 Å². The van der Waals surface area contributed by atoms with Gasteiger partial charge in [-0.05, 0) is 37.1 Å². The lowest BCUT2D eigenvalue weighted by molar-refractivity contribution is 0.100. The standard InChI is InChI=1S/C21H25N9O/c1-12(2)18-11-26-30(29-18)16-6-4-5-15(8-16)27-21-17(19(24)31)7-14(9-22)20(28-21)25-10-13(3)23/h4-8,11-13H,10,23H2,1-3H3,(H2,24,31)(H2,25,27,28). The van der Waals surface area contributed by atoms with Crippen molar-refractivity contribution in [1.29, 1.82) is 5.26 Å². The SMILES string of the molecule is CC(N)CNc1nc(Nc2cccc(-n3ncc(C(C)C)n3)c2)c(C(N)=O)cc1C#N. The van der Waals surface area contributed by atoms with Crippen LogP contribution in [0.15, 0.2) is 36.5 Å². The van der Waals surface area contributed by atoms with Gasteiger partial charge in [0.25, 0.3) is 5.91 Å². The van der Waals surface area contributed by atoms with E-state index in [2.05, 4.69) is 25.8 Å². The highest BCUT2D eigenvalue weighted by molar-refractivity contribution is 5.99. The Morgan fingerprint density at radius 3 is 2.65 bits per heavy atom. The van der Waals surface area contributed by atoms with Crippen LogP contribution in [-0.4, -0.2) is 38.5 Å². The molecule has 31 heavy (non-hydrogen) atoms. The first-order valence-electron chi connectivity index (χ1n) is 9.82. The fourth-order valence-electron chi connectivity index (χ4n) is 2.78. The normalized spacial score (nSPS) is 11.7. The molecule has 160 valence electrons. The van der Waals surface area contributed by atoms with E-state index in [0.717, 1.165) is 11.4 Å². The van der Waals surface area contributed by atoms with Crippen LogP contribution in [0.4, 0.5) is 17.3 Å². The second-order valence-corrected chi connectivity index (χ2v) is 7.50. The lowest BCUT2D eigenvalue weighted by Gasteiger charge is -2.15. The molecule has 10 heteroatoms. The third-order valence-corrected chi connectivity index (χ3v) is 4.44. The third kappa shape index (κ3) is 5.15. The van der Waals surface area contributed by atoms with Crippen molar-refractivity contribution in [2.75, 3.05) is 17.2 Å². The molecule has 10 nitrogen and oxygen atoms in total. The van der Waals surface area contributed by atoms with Crippen LogP contribution < -0.4 is 22.1 Å². The van der Waals surface area contributed by atoms with E-state index in [1.807, 2.05) is 51.1 Å². The summed E-state index contributed by atoms with van der Waals surface area (Å²) in [6.07, 6.45) is 1.73. The van der Waals surface area contributed by atoms with Gasteiger partial charge in [0, 0.05) is 18.3 Å². The van der Waals surface area contributed by atoms with Gasteiger partial charge >= 0.3 is 0 Å². The number of carbonyl (C=O) groups excluding carboxylic acids is 1. The smallest absolute Gasteiger partial charge is 0.252 e. The molecule has 0 saturated carbocycles. The Bertz CT molecular complexity index is 1130. The zero-order valence-electron chi connectivity index (χ0n) is 17.6. The van der Waals surface area contributed by atoms with Gasteiger partial charge < -0.3 is 22.1 Å². The number of pyridine rings is 1. The summed E-state index contributed by atoms with van der Waals surface area (Å²) in [6, 6.07) is 10.6. The summed E-state index contributed by atoms with van der Waals surface area (Å²) in [5, 5.41) is 24.4. The van der Waals surface area contributed by atoms with E-state index >= 15 is 0 Å². The van der Waals surface area contributed by atoms with Gasteiger partial charge in [-0.2, -0.15) is 20.3 Å². The molecule has 0 aliphatic rings. The van der Waals surface area contributed by atoms with Gasteiger partial charge in [0.15, 0.2) is 0 Å². The van der Waals surface area contributed by atoms with Gasteiger partial charge in [0.1, 0.15) is 17.7 Å². The van der Waals surface area contributed by atoms with Crippen LogP contribution in [0.1, 0.15) is 48.3 Å². The summed E-state index contributed by atoms with van der Waals surface area (Å²) in [7, 11) is 0. The summed E-state index contributed by atoms with van der Waals surface area (Å²) >= 11 is 0. The number of nitrogens with one attached hydrogen (secondary N) is 2. The molecule has 0 saturated heterocycles. The first kappa shape index (κ1) is 21.7. The van der Waals surface area contributed by atoms with E-state index in [0.29, 0.717) is 18.1 Å². The molecular weight excluding hydrogens is 394 g/mol. The summed E-state index contributed by atoms with van der Waals surface area (Å²) in [6.45, 7) is 6.34. The molecule has 6 N–H and O–H groups in total.